The molecule has 0 bridgehead atoms. The number of carbonyl (C=O) groups is 1. The zero-order chi connectivity index (χ0) is 25.8. The van der Waals surface area contributed by atoms with Crippen molar-refractivity contribution in [3.63, 3.8) is 0 Å². The Morgan fingerprint density at radius 2 is 1.71 bits per heavy atom. The molecule has 2 atom stereocenters. The molecule has 2 N–H and O–H groups in total. The van der Waals surface area contributed by atoms with Crippen LogP contribution in [0.2, 0.25) is 0 Å². The van der Waals surface area contributed by atoms with Crippen LogP contribution in [0.25, 0.3) is 0 Å². The van der Waals surface area contributed by atoms with Gasteiger partial charge in [-0.25, -0.2) is 9.89 Å². The van der Waals surface area contributed by atoms with Crippen molar-refractivity contribution >= 4 is 16.1 Å². The fourth-order valence-electron chi connectivity index (χ4n) is 6.00. The average molecular weight is 507 g/mol. The molecule has 4 rings (SSSR count). The van der Waals surface area contributed by atoms with Crippen molar-refractivity contribution < 1.29 is 21.5 Å². The van der Waals surface area contributed by atoms with E-state index >= 15 is 0 Å². The molecule has 2 fully saturated rings. The van der Waals surface area contributed by atoms with E-state index in [2.05, 4.69) is 15.5 Å². The van der Waals surface area contributed by atoms with Gasteiger partial charge in [0.1, 0.15) is 0 Å². The number of likely N-dealkylation sites (N-methyl/N-ethyl adjacent to an activating group) is 1. The van der Waals surface area contributed by atoms with E-state index in [1.165, 1.54) is 4.31 Å². The monoisotopic (exact) mass is 506 g/mol. The molecule has 1 aromatic carbocycles. The standard InChI is InChI=1S/C24H35N5O5S/c1-15-7-8-16(2)19(17(15)3)18(4)20(21-26-27-23(31)34-21)29(5,6)35(32,33)28-13-10-24(11-14-28)9-12-25-22(24)30/h7-8,18,20H,9-14H2,1-6H3,(H-,25,27,30,31)/p+1/t18?,20-/m0/s1. The van der Waals surface area contributed by atoms with E-state index in [1.54, 1.807) is 14.1 Å². The Kier molecular flexibility index (Phi) is 6.48. The van der Waals surface area contributed by atoms with Gasteiger partial charge in [0.15, 0.2) is 6.04 Å². The largest absolute Gasteiger partial charge is 0.434 e. The zero-order valence-corrected chi connectivity index (χ0v) is 22.2. The number of hydrogen-bond donors (Lipinski definition) is 2. The van der Waals surface area contributed by atoms with Gasteiger partial charge in [-0.15, -0.1) is 5.10 Å². The Morgan fingerprint density at radius 1 is 1.09 bits per heavy atom. The van der Waals surface area contributed by atoms with Crippen LogP contribution in [0.15, 0.2) is 21.3 Å². The third-order valence-corrected chi connectivity index (χ3v) is 10.7. The summed E-state index contributed by atoms with van der Waals surface area (Å²) in [5.41, 5.74) is 3.75. The molecule has 11 heteroatoms. The summed E-state index contributed by atoms with van der Waals surface area (Å²) in [5.74, 6) is -0.971. The molecule has 2 aromatic rings. The summed E-state index contributed by atoms with van der Waals surface area (Å²) < 4.78 is 34.6. The lowest BCUT2D eigenvalue weighted by Gasteiger charge is -2.43. The predicted octanol–water partition coefficient (Wildman–Crippen LogP) is 2.06. The Labute approximate surface area is 206 Å². The molecule has 1 spiro atoms. The number of nitrogens with one attached hydrogen (secondary N) is 2. The van der Waals surface area contributed by atoms with Crippen molar-refractivity contribution in [2.24, 2.45) is 5.41 Å². The van der Waals surface area contributed by atoms with Crippen LogP contribution in [-0.4, -0.2) is 66.4 Å². The molecule has 1 unspecified atom stereocenters. The number of rotatable bonds is 6. The predicted molar refractivity (Wildman–Crippen MR) is 131 cm³/mol. The van der Waals surface area contributed by atoms with E-state index in [4.69, 9.17) is 4.42 Å². The lowest BCUT2D eigenvalue weighted by molar-refractivity contribution is -0.805. The highest BCUT2D eigenvalue weighted by Gasteiger charge is 2.54. The number of amides is 1. The normalized spacial score (nSPS) is 20.7. The van der Waals surface area contributed by atoms with Crippen LogP contribution in [-0.2, 0) is 15.0 Å². The maximum absolute atomic E-state index is 14.1. The Balaban J connectivity index is 1.74. The van der Waals surface area contributed by atoms with Crippen molar-refractivity contribution in [2.45, 2.75) is 58.9 Å². The molecular weight excluding hydrogens is 470 g/mol. The summed E-state index contributed by atoms with van der Waals surface area (Å²) in [6, 6.07) is 3.28. The summed E-state index contributed by atoms with van der Waals surface area (Å²) in [6.45, 7) is 9.18. The van der Waals surface area contributed by atoms with Gasteiger partial charge in [0.05, 0.1) is 19.5 Å². The minimum Gasteiger partial charge on any atom is -0.386 e. The maximum Gasteiger partial charge on any atom is 0.434 e. The van der Waals surface area contributed by atoms with E-state index in [0.29, 0.717) is 19.4 Å². The number of aryl methyl sites for hydroxylation is 2. The van der Waals surface area contributed by atoms with Gasteiger partial charge >= 0.3 is 16.0 Å². The summed E-state index contributed by atoms with van der Waals surface area (Å²) in [6.07, 6.45) is 1.72. The first kappa shape index (κ1) is 25.6. The number of carbonyl (C=O) groups excluding carboxylic acids is 1. The SMILES string of the molecule is Cc1ccc(C)c(C(C)[C@@H](c2n[nH]c(=O)o2)[N+](C)(C)S(=O)(=O)N2CCC3(CCNC3=O)CC2)c1C. The Hall–Kier alpha value is -2.50. The fourth-order valence-corrected chi connectivity index (χ4v) is 7.80. The minimum atomic E-state index is -3.93. The van der Waals surface area contributed by atoms with E-state index in [-0.39, 0.29) is 30.8 Å². The number of quaternary nitrogens is 1. The molecule has 1 amide bonds. The minimum absolute atomic E-state index is 0.0264. The summed E-state index contributed by atoms with van der Waals surface area (Å²) in [5, 5.41) is 9.27. The molecule has 35 heavy (non-hydrogen) atoms. The third kappa shape index (κ3) is 4.13. The van der Waals surface area contributed by atoms with Gasteiger partial charge in [-0.1, -0.05) is 19.1 Å². The smallest absolute Gasteiger partial charge is 0.386 e. The molecule has 2 aliphatic rings. The number of hydrogen-bond acceptors (Lipinski definition) is 6. The molecule has 3 heterocycles. The highest BCUT2D eigenvalue weighted by atomic mass is 32.2. The molecule has 192 valence electrons. The molecule has 0 saturated carbocycles. The van der Waals surface area contributed by atoms with Crippen LogP contribution in [0, 0.1) is 26.2 Å². The van der Waals surface area contributed by atoms with Crippen LogP contribution >= 0.6 is 0 Å². The molecular formula is C24H36N5O5S+. The zero-order valence-electron chi connectivity index (χ0n) is 21.3. The highest BCUT2D eigenvalue weighted by Crippen LogP contribution is 2.45. The van der Waals surface area contributed by atoms with Crippen molar-refractivity contribution in [3.05, 3.63) is 50.8 Å². The van der Waals surface area contributed by atoms with E-state index < -0.39 is 31.3 Å². The van der Waals surface area contributed by atoms with Gasteiger partial charge in [0.2, 0.25) is 5.91 Å². The van der Waals surface area contributed by atoms with E-state index in [1.807, 2.05) is 39.8 Å². The number of H-pyrrole nitrogens is 1. The number of piperidine rings is 1. The number of nitrogens with zero attached hydrogens (tertiary/aromatic N) is 3. The molecule has 2 aliphatic heterocycles. The Morgan fingerprint density at radius 3 is 2.26 bits per heavy atom. The summed E-state index contributed by atoms with van der Waals surface area (Å²) in [7, 11) is -0.682. The lowest BCUT2D eigenvalue weighted by Crippen LogP contribution is -2.58. The number of aromatic nitrogens is 2. The van der Waals surface area contributed by atoms with Crippen LogP contribution in [0.3, 0.4) is 0 Å². The molecule has 0 aliphatic carbocycles. The molecule has 2 saturated heterocycles. The Bertz CT molecular complexity index is 1290. The fraction of sp³-hybridized carbons (Fsp3) is 0.625. The second-order valence-corrected chi connectivity index (χ2v) is 12.9. The third-order valence-electron chi connectivity index (χ3n) is 8.28. The van der Waals surface area contributed by atoms with E-state index in [0.717, 1.165) is 28.7 Å². The van der Waals surface area contributed by atoms with Gasteiger partial charge in [-0.05, 0) is 62.3 Å². The van der Waals surface area contributed by atoms with Gasteiger partial charge in [0.25, 0.3) is 5.89 Å². The van der Waals surface area contributed by atoms with Crippen molar-refractivity contribution in [3.8, 4) is 0 Å². The summed E-state index contributed by atoms with van der Waals surface area (Å²) >= 11 is 0. The first-order valence-corrected chi connectivity index (χ1v) is 13.5. The van der Waals surface area contributed by atoms with Crippen molar-refractivity contribution in [1.82, 2.24) is 19.8 Å². The summed E-state index contributed by atoms with van der Waals surface area (Å²) in [4.78, 5) is 24.3. The van der Waals surface area contributed by atoms with Crippen LogP contribution in [0.1, 0.15) is 66.3 Å². The molecule has 1 aromatic heterocycles. The first-order valence-electron chi connectivity index (χ1n) is 12.1. The van der Waals surface area contributed by atoms with Gasteiger partial charge in [0, 0.05) is 25.6 Å². The van der Waals surface area contributed by atoms with Crippen LogP contribution < -0.4 is 11.1 Å². The maximum atomic E-state index is 14.1. The molecule has 10 nitrogen and oxygen atoms in total. The number of benzene rings is 1. The van der Waals surface area contributed by atoms with Gasteiger partial charge < -0.3 is 9.73 Å². The topological polar surface area (TPSA) is 125 Å². The van der Waals surface area contributed by atoms with Gasteiger partial charge in [-0.2, -0.15) is 16.6 Å². The van der Waals surface area contributed by atoms with Crippen molar-refractivity contribution in [1.29, 1.82) is 0 Å². The quantitative estimate of drug-likeness (QED) is 0.578. The van der Waals surface area contributed by atoms with E-state index in [9.17, 15) is 18.0 Å². The second kappa shape index (κ2) is 8.86. The lowest BCUT2D eigenvalue weighted by atomic mass is 9.78. The van der Waals surface area contributed by atoms with Crippen molar-refractivity contribution in [2.75, 3.05) is 33.7 Å². The molecule has 0 radical (unpaired) electrons. The first-order chi connectivity index (χ1) is 16.3. The van der Waals surface area contributed by atoms with Gasteiger partial charge in [-0.3, -0.25) is 4.79 Å². The second-order valence-electron chi connectivity index (χ2n) is 10.5. The average Bonchev–Trinajstić information content (AvgIpc) is 3.37. The highest BCUT2D eigenvalue weighted by molar-refractivity contribution is 7.83. The van der Waals surface area contributed by atoms with Crippen LogP contribution in [0.4, 0.5) is 0 Å². The van der Waals surface area contributed by atoms with Crippen LogP contribution in [0.5, 0.6) is 0 Å². The number of aromatic amines is 1.